The minimum absolute atomic E-state index is 0.0367. The van der Waals surface area contributed by atoms with Crippen LogP contribution in [0.3, 0.4) is 0 Å². The van der Waals surface area contributed by atoms with Crippen molar-refractivity contribution in [2.45, 2.75) is 44.8 Å². The van der Waals surface area contributed by atoms with E-state index in [1.165, 1.54) is 12.3 Å². The van der Waals surface area contributed by atoms with Gasteiger partial charge in [0.05, 0.1) is 0 Å². The molecule has 1 atom stereocenters. The van der Waals surface area contributed by atoms with E-state index in [9.17, 15) is 19.5 Å². The number of alkyl carbamates (subject to hydrolysis) is 1. The maximum Gasteiger partial charge on any atom is 0.413 e. The van der Waals surface area contributed by atoms with E-state index in [-0.39, 0.29) is 24.8 Å². The van der Waals surface area contributed by atoms with Crippen molar-refractivity contribution in [3.05, 3.63) is 83.6 Å². The van der Waals surface area contributed by atoms with Crippen LogP contribution >= 0.6 is 0 Å². The van der Waals surface area contributed by atoms with Crippen LogP contribution < -0.4 is 10.6 Å². The summed E-state index contributed by atoms with van der Waals surface area (Å²) < 4.78 is 10.7. The molecule has 0 aliphatic heterocycles. The summed E-state index contributed by atoms with van der Waals surface area (Å²) in [5, 5.41) is 14.6. The average molecular weight is 504 g/mol. The van der Waals surface area contributed by atoms with Crippen LogP contribution in [-0.2, 0) is 20.7 Å². The summed E-state index contributed by atoms with van der Waals surface area (Å²) in [6.45, 7) is 5.29. The van der Waals surface area contributed by atoms with Crippen LogP contribution in [0, 0.1) is 0 Å². The number of nitrogens with zero attached hydrogens (tertiary/aromatic N) is 1. The molecule has 0 bridgehead atoms. The summed E-state index contributed by atoms with van der Waals surface area (Å²) in [5.74, 6) is -1.15. The van der Waals surface area contributed by atoms with Crippen molar-refractivity contribution in [2.75, 3.05) is 11.9 Å². The fraction of sp³-hybridized carbons (Fsp3) is 0.286. The standard InChI is InChI=1S/C28H29N3O6/c1-28(2,3)37-27(35)31-24-15-17(12-13-29-24)14-23(25(32)33)30-26(34)36-16-22-20-10-6-4-8-18(20)19-9-5-7-11-21(19)22/h4-13,15,22-23H,14,16H2,1-3H3,(H,30,34)(H,32,33)(H,29,31,35)/t23-/m0/s1. The lowest BCUT2D eigenvalue weighted by molar-refractivity contribution is -0.139. The van der Waals surface area contributed by atoms with Gasteiger partial charge in [-0.2, -0.15) is 0 Å². The van der Waals surface area contributed by atoms with E-state index in [4.69, 9.17) is 9.47 Å². The molecule has 0 spiro atoms. The van der Waals surface area contributed by atoms with Gasteiger partial charge in [0, 0.05) is 18.5 Å². The Hall–Kier alpha value is -4.40. The Balaban J connectivity index is 1.38. The first kappa shape index (κ1) is 25.7. The first-order valence-electron chi connectivity index (χ1n) is 11.9. The van der Waals surface area contributed by atoms with Gasteiger partial charge in [-0.15, -0.1) is 0 Å². The molecule has 9 heteroatoms. The largest absolute Gasteiger partial charge is 0.480 e. The first-order valence-corrected chi connectivity index (χ1v) is 11.9. The second-order valence-corrected chi connectivity index (χ2v) is 9.74. The molecule has 0 saturated carbocycles. The van der Waals surface area contributed by atoms with Gasteiger partial charge in [0.1, 0.15) is 24.1 Å². The molecule has 3 N–H and O–H groups in total. The summed E-state index contributed by atoms with van der Waals surface area (Å²) in [6.07, 6.45) is -0.0987. The van der Waals surface area contributed by atoms with E-state index in [2.05, 4.69) is 15.6 Å². The number of carboxylic acid groups (broad SMARTS) is 1. The normalized spacial score (nSPS) is 13.2. The zero-order valence-electron chi connectivity index (χ0n) is 20.9. The molecule has 1 aromatic heterocycles. The van der Waals surface area contributed by atoms with Crippen molar-refractivity contribution in [1.82, 2.24) is 10.3 Å². The highest BCUT2D eigenvalue weighted by molar-refractivity contribution is 5.84. The van der Waals surface area contributed by atoms with Crippen LogP contribution in [0.1, 0.15) is 43.4 Å². The van der Waals surface area contributed by atoms with Gasteiger partial charge in [-0.3, -0.25) is 5.32 Å². The van der Waals surface area contributed by atoms with Gasteiger partial charge in [0.25, 0.3) is 0 Å². The van der Waals surface area contributed by atoms with Gasteiger partial charge in [0.2, 0.25) is 0 Å². The number of aromatic nitrogens is 1. The van der Waals surface area contributed by atoms with Crippen LogP contribution in [0.15, 0.2) is 66.9 Å². The molecular weight excluding hydrogens is 474 g/mol. The predicted octanol–water partition coefficient (Wildman–Crippen LogP) is 4.96. The van der Waals surface area contributed by atoms with Gasteiger partial charge in [-0.05, 0) is 60.7 Å². The molecule has 0 fully saturated rings. The number of nitrogens with one attached hydrogen (secondary N) is 2. The molecule has 2 amide bonds. The van der Waals surface area contributed by atoms with Crippen LogP contribution in [0.2, 0.25) is 0 Å². The number of hydrogen-bond donors (Lipinski definition) is 3. The molecule has 4 rings (SSSR count). The first-order chi connectivity index (χ1) is 17.6. The summed E-state index contributed by atoms with van der Waals surface area (Å²) in [4.78, 5) is 40.5. The monoisotopic (exact) mass is 503 g/mol. The number of anilines is 1. The van der Waals surface area contributed by atoms with E-state index in [1.807, 2.05) is 48.5 Å². The zero-order chi connectivity index (χ0) is 26.6. The van der Waals surface area contributed by atoms with E-state index in [0.717, 1.165) is 22.3 Å². The van der Waals surface area contributed by atoms with E-state index in [1.54, 1.807) is 26.8 Å². The zero-order valence-corrected chi connectivity index (χ0v) is 20.9. The van der Waals surface area contributed by atoms with Crippen molar-refractivity contribution in [3.8, 4) is 11.1 Å². The second kappa shape index (κ2) is 10.7. The third kappa shape index (κ3) is 6.43. The highest BCUT2D eigenvalue weighted by atomic mass is 16.6. The van der Waals surface area contributed by atoms with Crippen LogP contribution in [0.5, 0.6) is 0 Å². The molecule has 0 radical (unpaired) electrons. The topological polar surface area (TPSA) is 127 Å². The van der Waals surface area contributed by atoms with Crippen LogP contribution in [0.25, 0.3) is 11.1 Å². The van der Waals surface area contributed by atoms with E-state index in [0.29, 0.717) is 5.56 Å². The summed E-state index contributed by atoms with van der Waals surface area (Å²) in [6, 6.07) is 17.8. The molecule has 1 aliphatic rings. The Morgan fingerprint density at radius 1 is 0.973 bits per heavy atom. The lowest BCUT2D eigenvalue weighted by Gasteiger charge is -2.19. The molecule has 0 saturated heterocycles. The van der Waals surface area contributed by atoms with Crippen molar-refractivity contribution in [1.29, 1.82) is 0 Å². The minimum atomic E-state index is -1.24. The number of ether oxygens (including phenoxy) is 2. The molecule has 9 nitrogen and oxygen atoms in total. The van der Waals surface area contributed by atoms with Gasteiger partial charge in [-0.25, -0.2) is 19.4 Å². The lowest BCUT2D eigenvalue weighted by atomic mass is 9.98. The highest BCUT2D eigenvalue weighted by Gasteiger charge is 2.30. The molecule has 192 valence electrons. The predicted molar refractivity (Wildman–Crippen MR) is 137 cm³/mol. The molecular formula is C28H29N3O6. The maximum atomic E-state index is 12.6. The summed E-state index contributed by atoms with van der Waals surface area (Å²) >= 11 is 0. The second-order valence-electron chi connectivity index (χ2n) is 9.74. The number of rotatable bonds is 7. The third-order valence-electron chi connectivity index (χ3n) is 5.83. The summed E-state index contributed by atoms with van der Waals surface area (Å²) in [5.41, 5.74) is 4.20. The van der Waals surface area contributed by atoms with E-state index < -0.39 is 29.8 Å². The Morgan fingerprint density at radius 3 is 2.19 bits per heavy atom. The van der Waals surface area contributed by atoms with Gasteiger partial charge >= 0.3 is 18.2 Å². The highest BCUT2D eigenvalue weighted by Crippen LogP contribution is 2.44. The Bertz CT molecular complexity index is 1270. The number of pyridine rings is 1. The van der Waals surface area contributed by atoms with Gasteiger partial charge in [0.15, 0.2) is 0 Å². The number of carbonyl (C=O) groups is 3. The molecule has 3 aromatic rings. The average Bonchev–Trinajstić information content (AvgIpc) is 3.15. The number of fused-ring (bicyclic) bond motifs is 3. The van der Waals surface area contributed by atoms with Crippen molar-refractivity contribution < 1.29 is 29.0 Å². The van der Waals surface area contributed by atoms with Crippen molar-refractivity contribution in [3.63, 3.8) is 0 Å². The fourth-order valence-electron chi connectivity index (χ4n) is 4.30. The number of amides is 2. The maximum absolute atomic E-state index is 12.6. The number of aliphatic carboxylic acids is 1. The molecule has 1 heterocycles. The van der Waals surface area contributed by atoms with Crippen molar-refractivity contribution >= 4 is 24.0 Å². The Morgan fingerprint density at radius 2 is 1.59 bits per heavy atom. The smallest absolute Gasteiger partial charge is 0.413 e. The Labute approximate surface area is 214 Å². The number of benzene rings is 2. The molecule has 1 aliphatic carbocycles. The molecule has 0 unspecified atom stereocenters. The molecule has 2 aromatic carbocycles. The van der Waals surface area contributed by atoms with Gasteiger partial charge < -0.3 is 19.9 Å². The van der Waals surface area contributed by atoms with Crippen LogP contribution in [0.4, 0.5) is 15.4 Å². The quantitative estimate of drug-likeness (QED) is 0.416. The van der Waals surface area contributed by atoms with E-state index >= 15 is 0 Å². The SMILES string of the molecule is CC(C)(C)OC(=O)Nc1cc(C[C@H](NC(=O)OCC2c3ccccc3-c3ccccc32)C(=O)O)ccn1. The van der Waals surface area contributed by atoms with Crippen molar-refractivity contribution in [2.24, 2.45) is 0 Å². The number of carbonyl (C=O) groups excluding carboxylic acids is 2. The molecule has 37 heavy (non-hydrogen) atoms. The minimum Gasteiger partial charge on any atom is -0.480 e. The Kier molecular flexibility index (Phi) is 7.42. The number of hydrogen-bond acceptors (Lipinski definition) is 6. The lowest BCUT2D eigenvalue weighted by Crippen LogP contribution is -2.43. The third-order valence-corrected chi connectivity index (χ3v) is 5.83. The van der Waals surface area contributed by atoms with Gasteiger partial charge in [-0.1, -0.05) is 48.5 Å². The number of carboxylic acids is 1. The van der Waals surface area contributed by atoms with Crippen LogP contribution in [-0.4, -0.2) is 46.5 Å². The summed E-state index contributed by atoms with van der Waals surface area (Å²) in [7, 11) is 0. The fourth-order valence-corrected chi connectivity index (χ4v) is 4.30.